The van der Waals surface area contributed by atoms with Crippen molar-refractivity contribution in [2.75, 3.05) is 4.90 Å². The van der Waals surface area contributed by atoms with Crippen molar-refractivity contribution in [1.82, 2.24) is 0 Å². The normalized spacial score (nSPS) is 11.7. The maximum Gasteiger partial charge on any atom is 0.135 e. The Labute approximate surface area is 347 Å². The summed E-state index contributed by atoms with van der Waals surface area (Å²) in [6.07, 6.45) is 0. The molecule has 12 rings (SSSR count). The van der Waals surface area contributed by atoms with Crippen LogP contribution in [0, 0.1) is 0 Å². The highest BCUT2D eigenvalue weighted by Gasteiger charge is 2.20. The second-order valence-corrected chi connectivity index (χ2v) is 15.6. The van der Waals surface area contributed by atoms with Gasteiger partial charge in [-0.15, -0.1) is 0 Å². The Morgan fingerprint density at radius 1 is 0.250 bits per heavy atom. The quantitative estimate of drug-likeness (QED) is 0.157. The van der Waals surface area contributed by atoms with Gasteiger partial charge in [-0.25, -0.2) is 0 Å². The lowest BCUT2D eigenvalue weighted by atomic mass is 9.84. The first-order chi connectivity index (χ1) is 29.7. The molecule has 1 heterocycles. The monoisotopic (exact) mass is 763 g/mol. The van der Waals surface area contributed by atoms with Crippen LogP contribution in [-0.2, 0) is 0 Å². The van der Waals surface area contributed by atoms with Gasteiger partial charge in [0.1, 0.15) is 11.2 Å². The van der Waals surface area contributed by atoms with Gasteiger partial charge in [0.2, 0.25) is 0 Å². The number of para-hydroxylation sites is 1. The minimum Gasteiger partial charge on any atom is -0.456 e. The molecule has 1 aromatic heterocycles. The molecule has 2 nitrogen and oxygen atoms in total. The van der Waals surface area contributed by atoms with Gasteiger partial charge in [0.15, 0.2) is 0 Å². The lowest BCUT2D eigenvalue weighted by molar-refractivity contribution is 0.669. The fourth-order valence-electron chi connectivity index (χ4n) is 9.44. The number of nitrogens with zero attached hydrogens (tertiary/aromatic N) is 1. The number of furan rings is 1. The molecule has 60 heavy (non-hydrogen) atoms. The fraction of sp³-hybridized carbons (Fsp3) is 0. The molecule has 0 saturated carbocycles. The van der Waals surface area contributed by atoms with Crippen LogP contribution in [0.15, 0.2) is 229 Å². The van der Waals surface area contributed by atoms with E-state index in [1.54, 1.807) is 0 Å². The van der Waals surface area contributed by atoms with Crippen molar-refractivity contribution in [3.05, 3.63) is 224 Å². The van der Waals surface area contributed by atoms with E-state index in [0.717, 1.165) is 50.1 Å². The van der Waals surface area contributed by atoms with Crippen molar-refractivity contribution in [3.8, 4) is 33.4 Å². The zero-order valence-electron chi connectivity index (χ0n) is 32.7. The molecule has 0 unspecified atom stereocenters. The molecule has 0 saturated heterocycles. The third-order valence-electron chi connectivity index (χ3n) is 12.2. The van der Waals surface area contributed by atoms with Crippen LogP contribution in [0.3, 0.4) is 0 Å². The molecule has 0 atom stereocenters. The number of fused-ring (bicyclic) bond motifs is 9. The number of hydrogen-bond donors (Lipinski definition) is 0. The first-order valence-corrected chi connectivity index (χ1v) is 20.6. The smallest absolute Gasteiger partial charge is 0.135 e. The van der Waals surface area contributed by atoms with Crippen molar-refractivity contribution in [3.63, 3.8) is 0 Å². The molecular weight excluding hydrogens is 727 g/mol. The highest BCUT2D eigenvalue weighted by atomic mass is 16.3. The van der Waals surface area contributed by atoms with Crippen LogP contribution in [0.5, 0.6) is 0 Å². The zero-order chi connectivity index (χ0) is 39.6. The minimum absolute atomic E-state index is 0.881. The van der Waals surface area contributed by atoms with Crippen molar-refractivity contribution < 1.29 is 4.42 Å². The first-order valence-electron chi connectivity index (χ1n) is 20.6. The highest BCUT2D eigenvalue weighted by molar-refractivity contribution is 6.22. The molecule has 0 aliphatic heterocycles. The molecule has 0 spiro atoms. The maximum absolute atomic E-state index is 6.30. The van der Waals surface area contributed by atoms with Crippen molar-refractivity contribution >= 4 is 82.1 Å². The van der Waals surface area contributed by atoms with Crippen LogP contribution in [-0.4, -0.2) is 0 Å². The SMILES string of the molecule is c1ccc(-c2c(-c3ccccc3)c3cc(-c4cccc(N(c5ccc6c(ccc7ccccc76)c5)c5ccc6oc7ccccc7c6c5)c4)ccc3c3ccccc23)cc1. The topological polar surface area (TPSA) is 16.4 Å². The number of hydrogen-bond acceptors (Lipinski definition) is 2. The van der Waals surface area contributed by atoms with E-state index in [4.69, 9.17) is 4.42 Å². The van der Waals surface area contributed by atoms with Gasteiger partial charge >= 0.3 is 0 Å². The molecule has 0 bridgehead atoms. The van der Waals surface area contributed by atoms with Crippen LogP contribution < -0.4 is 4.90 Å². The Morgan fingerprint density at radius 3 is 1.60 bits per heavy atom. The summed E-state index contributed by atoms with van der Waals surface area (Å²) in [5.41, 5.74) is 12.2. The molecule has 280 valence electrons. The first kappa shape index (κ1) is 34.1. The molecule has 11 aromatic carbocycles. The summed E-state index contributed by atoms with van der Waals surface area (Å²) in [6, 6.07) is 81.4. The van der Waals surface area contributed by atoms with Gasteiger partial charge in [-0.05, 0) is 131 Å². The standard InChI is InChI=1S/C58H37NO/c1-3-15-39(16-4-1)57-52-24-10-9-22-49(52)50-31-28-42(36-54(50)58(57)40-17-5-2-6-18-40)41-19-13-20-44(34-41)59(46-30-33-56-53(37-46)51-23-11-12-25-55(51)60-56)45-29-32-48-43(35-45)27-26-38-14-7-8-21-47(38)48/h1-37H. The van der Waals surface area contributed by atoms with Gasteiger partial charge in [-0.3, -0.25) is 0 Å². The third kappa shape index (κ3) is 5.57. The molecule has 2 heteroatoms. The molecular formula is C58H37NO. The van der Waals surface area contributed by atoms with Gasteiger partial charge in [0, 0.05) is 27.8 Å². The van der Waals surface area contributed by atoms with Gasteiger partial charge in [0.05, 0.1) is 0 Å². The van der Waals surface area contributed by atoms with Gasteiger partial charge < -0.3 is 9.32 Å². The van der Waals surface area contributed by atoms with Crippen molar-refractivity contribution in [2.45, 2.75) is 0 Å². The van der Waals surface area contributed by atoms with Gasteiger partial charge in [-0.2, -0.15) is 0 Å². The summed E-state index contributed by atoms with van der Waals surface area (Å²) < 4.78 is 6.30. The summed E-state index contributed by atoms with van der Waals surface area (Å²) in [5.74, 6) is 0. The molecule has 0 N–H and O–H groups in total. The van der Waals surface area contributed by atoms with Crippen molar-refractivity contribution in [2.24, 2.45) is 0 Å². The molecule has 0 fully saturated rings. The molecule has 0 amide bonds. The van der Waals surface area contributed by atoms with Crippen LogP contribution >= 0.6 is 0 Å². The van der Waals surface area contributed by atoms with E-state index in [0.29, 0.717) is 0 Å². The third-order valence-corrected chi connectivity index (χ3v) is 12.2. The van der Waals surface area contributed by atoms with E-state index >= 15 is 0 Å². The predicted molar refractivity (Wildman–Crippen MR) is 255 cm³/mol. The summed E-state index contributed by atoms with van der Waals surface area (Å²) in [7, 11) is 0. The van der Waals surface area contributed by atoms with Crippen LogP contribution in [0.4, 0.5) is 17.1 Å². The maximum atomic E-state index is 6.30. The van der Waals surface area contributed by atoms with Gasteiger partial charge in [0.25, 0.3) is 0 Å². The number of rotatable bonds is 6. The lowest BCUT2D eigenvalue weighted by Gasteiger charge is -2.26. The van der Waals surface area contributed by atoms with E-state index in [-0.39, 0.29) is 0 Å². The molecule has 0 radical (unpaired) electrons. The number of benzene rings is 11. The van der Waals surface area contributed by atoms with Crippen LogP contribution in [0.2, 0.25) is 0 Å². The Bertz CT molecular complexity index is 3600. The Balaban J connectivity index is 1.07. The Kier molecular flexibility index (Phi) is 7.89. The second kappa shape index (κ2) is 13.9. The van der Waals surface area contributed by atoms with Gasteiger partial charge in [-0.1, -0.05) is 170 Å². The van der Waals surface area contributed by atoms with Crippen LogP contribution in [0.1, 0.15) is 0 Å². The summed E-state index contributed by atoms with van der Waals surface area (Å²) in [6.45, 7) is 0. The predicted octanol–water partition coefficient (Wildman–Crippen LogP) is 16.7. The van der Waals surface area contributed by atoms with Crippen molar-refractivity contribution in [1.29, 1.82) is 0 Å². The molecule has 0 aliphatic rings. The lowest BCUT2D eigenvalue weighted by Crippen LogP contribution is -2.10. The molecule has 12 aromatic rings. The second-order valence-electron chi connectivity index (χ2n) is 15.6. The van der Waals surface area contributed by atoms with E-state index in [2.05, 4.69) is 217 Å². The summed E-state index contributed by atoms with van der Waals surface area (Å²) >= 11 is 0. The largest absolute Gasteiger partial charge is 0.456 e. The molecule has 0 aliphatic carbocycles. The van der Waals surface area contributed by atoms with E-state index in [1.165, 1.54) is 65.3 Å². The Morgan fingerprint density at radius 2 is 0.783 bits per heavy atom. The fourth-order valence-corrected chi connectivity index (χ4v) is 9.44. The zero-order valence-corrected chi connectivity index (χ0v) is 32.7. The average molecular weight is 764 g/mol. The highest BCUT2D eigenvalue weighted by Crippen LogP contribution is 2.46. The average Bonchev–Trinajstić information content (AvgIpc) is 3.69. The Hall–Kier alpha value is -7.94. The minimum atomic E-state index is 0.881. The van der Waals surface area contributed by atoms with E-state index < -0.39 is 0 Å². The summed E-state index contributed by atoms with van der Waals surface area (Å²) in [4.78, 5) is 2.39. The summed E-state index contributed by atoms with van der Waals surface area (Å²) in [5, 5.41) is 12.1. The van der Waals surface area contributed by atoms with Crippen LogP contribution in [0.25, 0.3) is 98.4 Å². The number of anilines is 3. The van der Waals surface area contributed by atoms with E-state index in [9.17, 15) is 0 Å². The van der Waals surface area contributed by atoms with E-state index in [1.807, 2.05) is 12.1 Å².